The normalized spacial score (nSPS) is 10.5. The van der Waals surface area contributed by atoms with Crippen LogP contribution >= 0.6 is 34.8 Å². The van der Waals surface area contributed by atoms with Crippen molar-refractivity contribution in [1.29, 1.82) is 0 Å². The van der Waals surface area contributed by atoms with Crippen LogP contribution in [0, 0.1) is 41.5 Å². The molecule has 9 heterocycles. The minimum absolute atomic E-state index is 0.428. The quantitative estimate of drug-likeness (QED) is 0.127. The van der Waals surface area contributed by atoms with Crippen LogP contribution in [0.2, 0.25) is 15.5 Å². The maximum Gasteiger partial charge on any atom is 0.234 e. The van der Waals surface area contributed by atoms with Gasteiger partial charge in [-0.3, -0.25) is 13.2 Å². The summed E-state index contributed by atoms with van der Waals surface area (Å²) in [6.45, 7) is 12.1. The number of fused-ring (bicyclic) bond motifs is 3. The molecule has 0 radical (unpaired) electrons. The molecule has 0 saturated heterocycles. The average Bonchev–Trinajstić information content (AvgIpc) is 3.96. The van der Waals surface area contributed by atoms with Crippen molar-refractivity contribution < 1.29 is 0 Å². The Morgan fingerprint density at radius 2 is 0.853 bits per heavy atom. The van der Waals surface area contributed by atoms with Gasteiger partial charge in [-0.25, -0.2) is 44.9 Å². The highest BCUT2D eigenvalue weighted by atomic mass is 35.5. The van der Waals surface area contributed by atoms with E-state index in [2.05, 4.69) is 64.2 Å². The molecule has 0 bridgehead atoms. The zero-order valence-electron chi connectivity index (χ0n) is 38.1. The first-order valence-corrected chi connectivity index (χ1v) is 22.4. The summed E-state index contributed by atoms with van der Waals surface area (Å²) in [5, 5.41) is 4.67. The van der Waals surface area contributed by atoms with Crippen LogP contribution in [0.5, 0.6) is 0 Å². The van der Waals surface area contributed by atoms with Gasteiger partial charge in [0.25, 0.3) is 0 Å². The van der Waals surface area contributed by atoms with Crippen LogP contribution in [0.25, 0.3) is 40.1 Å². The van der Waals surface area contributed by atoms with Crippen molar-refractivity contribution in [3.63, 3.8) is 0 Å². The highest BCUT2D eigenvalue weighted by molar-refractivity contribution is 6.32. The number of aromatic nitrogens is 12. The number of halogens is 3. The summed E-state index contributed by atoms with van der Waals surface area (Å²) in [6, 6.07) is 38.3. The molecule has 68 heavy (non-hydrogen) atoms. The van der Waals surface area contributed by atoms with Crippen LogP contribution < -0.4 is 11.1 Å². The topological polar surface area (TPSA) is 167 Å². The van der Waals surface area contributed by atoms with Gasteiger partial charge in [0.1, 0.15) is 21.3 Å². The minimum Gasteiger partial charge on any atom is -0.399 e. The Kier molecular flexibility index (Phi) is 16.0. The first-order valence-electron chi connectivity index (χ1n) is 21.2. The molecule has 0 aliphatic rings. The monoisotopic (exact) mass is 960 g/mol. The lowest BCUT2D eigenvalue weighted by Crippen LogP contribution is -1.97. The molecule has 0 aliphatic heterocycles. The molecule has 3 N–H and O–H groups in total. The number of benzene rings is 2. The summed E-state index contributed by atoms with van der Waals surface area (Å²) in [7, 11) is 0. The fraction of sp³-hybridized carbons (Fsp3) is 0.118. The van der Waals surface area contributed by atoms with Gasteiger partial charge in [-0.1, -0.05) is 88.4 Å². The van der Waals surface area contributed by atoms with Gasteiger partial charge in [0.05, 0.1) is 39.9 Å². The molecule has 11 rings (SSSR count). The molecule has 2 aromatic carbocycles. The average molecular weight is 962 g/mol. The third-order valence-electron chi connectivity index (χ3n) is 10.1. The van der Waals surface area contributed by atoms with Gasteiger partial charge in [-0.05, 0) is 120 Å². The van der Waals surface area contributed by atoms with E-state index in [0.717, 1.165) is 68.5 Å². The molecule has 342 valence electrons. The van der Waals surface area contributed by atoms with Crippen molar-refractivity contribution >= 4 is 69.3 Å². The number of imidazole rings is 3. The van der Waals surface area contributed by atoms with Crippen molar-refractivity contribution in [3.8, 4) is 22.8 Å². The van der Waals surface area contributed by atoms with Crippen LogP contribution in [-0.4, -0.2) is 58.1 Å². The van der Waals surface area contributed by atoms with Gasteiger partial charge in [0, 0.05) is 54.2 Å². The fourth-order valence-electron chi connectivity index (χ4n) is 6.64. The number of rotatable bonds is 4. The van der Waals surface area contributed by atoms with E-state index >= 15 is 0 Å². The summed E-state index contributed by atoms with van der Waals surface area (Å²) in [4.78, 5) is 38.5. The fourth-order valence-corrected chi connectivity index (χ4v) is 7.17. The van der Waals surface area contributed by atoms with E-state index in [4.69, 9.17) is 45.5 Å². The van der Waals surface area contributed by atoms with E-state index in [9.17, 15) is 0 Å². The van der Waals surface area contributed by atoms with Crippen molar-refractivity contribution in [2.45, 2.75) is 41.5 Å². The number of hydrogen-bond donors (Lipinski definition) is 2. The van der Waals surface area contributed by atoms with Gasteiger partial charge in [0.15, 0.2) is 0 Å². The molecule has 0 amide bonds. The van der Waals surface area contributed by atoms with Crippen LogP contribution in [0.3, 0.4) is 0 Å². The molecule has 0 aliphatic carbocycles. The molecule has 14 nitrogen and oxygen atoms in total. The van der Waals surface area contributed by atoms with E-state index < -0.39 is 0 Å². The zero-order chi connectivity index (χ0) is 48.2. The predicted molar refractivity (Wildman–Crippen MR) is 274 cm³/mol. The van der Waals surface area contributed by atoms with E-state index in [1.807, 2.05) is 151 Å². The Morgan fingerprint density at radius 3 is 1.32 bits per heavy atom. The lowest BCUT2D eigenvalue weighted by Gasteiger charge is -2.08. The Morgan fingerprint density at radius 1 is 0.426 bits per heavy atom. The largest absolute Gasteiger partial charge is 0.399 e. The lowest BCUT2D eigenvalue weighted by atomic mass is 10.2. The van der Waals surface area contributed by atoms with Crippen molar-refractivity contribution in [3.05, 3.63) is 208 Å². The standard InChI is InChI=1S/C19H17N5.C12H9ClN4.C8H9N3.C7H9N.C5H3Cl2N/c1-13-7-9-15(10-8-13)22-17-6-3-5-16(23-17)18-14(2)21-19-20-11-4-12-24(18)19;1-8-11(9-4-2-5-10(13)16-9)17-7-3-6-14-12(17)15-8;1-6-7(2)11-5-3-4-9-8(11)10-6;1-6-2-4-7(8)5-3-6;6-4-2-1-3-5(7)8-4/h3-12H,1-2H3,(H,22,23);2-7H,1H3;3-5H,1-2H3;2-5H,8H2,1H3;1-3H. The summed E-state index contributed by atoms with van der Waals surface area (Å²) < 4.78 is 5.86. The van der Waals surface area contributed by atoms with Crippen LogP contribution in [-0.2, 0) is 0 Å². The minimum atomic E-state index is 0.428. The number of hydrogen-bond acceptors (Lipinski definition) is 11. The second-order valence-electron chi connectivity index (χ2n) is 15.2. The van der Waals surface area contributed by atoms with Crippen molar-refractivity contribution in [2.75, 3.05) is 11.1 Å². The first-order chi connectivity index (χ1) is 32.8. The van der Waals surface area contributed by atoms with Gasteiger partial charge in [0.2, 0.25) is 17.3 Å². The number of anilines is 3. The Hall–Kier alpha value is -7.78. The Labute approximate surface area is 408 Å². The summed E-state index contributed by atoms with van der Waals surface area (Å²) in [5.41, 5.74) is 17.3. The molecule has 0 fully saturated rings. The zero-order valence-corrected chi connectivity index (χ0v) is 40.4. The number of nitrogens with two attached hydrogens (primary N) is 1. The molecule has 0 spiro atoms. The molecule has 0 unspecified atom stereocenters. The number of aryl methyl sites for hydroxylation is 6. The highest BCUT2D eigenvalue weighted by Crippen LogP contribution is 2.26. The molecule has 17 heteroatoms. The Balaban J connectivity index is 0.000000135. The third-order valence-corrected chi connectivity index (χ3v) is 10.7. The molecular weight excluding hydrogens is 915 g/mol. The highest BCUT2D eigenvalue weighted by Gasteiger charge is 2.14. The summed E-state index contributed by atoms with van der Waals surface area (Å²) >= 11 is 16.8. The van der Waals surface area contributed by atoms with Crippen molar-refractivity contribution in [2.24, 2.45) is 0 Å². The molecular formula is C51H47Cl3N14. The van der Waals surface area contributed by atoms with E-state index in [0.29, 0.717) is 27.0 Å². The number of nitrogen functional groups attached to an aromatic ring is 1. The van der Waals surface area contributed by atoms with E-state index in [1.165, 1.54) is 11.1 Å². The van der Waals surface area contributed by atoms with Crippen molar-refractivity contribution in [1.82, 2.24) is 58.1 Å². The Bertz CT molecular complexity index is 3360. The second-order valence-corrected chi connectivity index (χ2v) is 16.3. The number of nitrogens with one attached hydrogen (secondary N) is 1. The van der Waals surface area contributed by atoms with Gasteiger partial charge in [-0.15, -0.1) is 0 Å². The molecule has 11 aromatic rings. The summed E-state index contributed by atoms with van der Waals surface area (Å²) in [6.07, 6.45) is 11.1. The number of pyridine rings is 3. The van der Waals surface area contributed by atoms with Gasteiger partial charge < -0.3 is 11.1 Å². The van der Waals surface area contributed by atoms with Crippen LogP contribution in [0.1, 0.15) is 33.9 Å². The maximum absolute atomic E-state index is 5.91. The molecule has 9 aromatic heterocycles. The van der Waals surface area contributed by atoms with E-state index in [-0.39, 0.29) is 0 Å². The number of nitrogens with zero attached hydrogens (tertiary/aromatic N) is 12. The van der Waals surface area contributed by atoms with E-state index in [1.54, 1.807) is 42.9 Å². The summed E-state index contributed by atoms with van der Waals surface area (Å²) in [5.74, 6) is 2.93. The van der Waals surface area contributed by atoms with Gasteiger partial charge in [-0.2, -0.15) is 0 Å². The third kappa shape index (κ3) is 12.6. The molecule has 0 saturated carbocycles. The second kappa shape index (κ2) is 22.6. The SMILES string of the molecule is Cc1ccc(N)cc1.Cc1ccc(Nc2cccc(-c3c(C)nc4ncccn34)n2)cc1.Cc1nc2ncccn2c1-c1cccc(Cl)n1.Cc1nc2ncccn2c1C.Clc1cccc(Cl)n1. The van der Waals surface area contributed by atoms with Crippen LogP contribution in [0.4, 0.5) is 17.2 Å². The van der Waals surface area contributed by atoms with Gasteiger partial charge >= 0.3 is 0 Å². The first kappa shape index (κ1) is 48.2. The molecule has 0 atom stereocenters. The smallest absolute Gasteiger partial charge is 0.234 e. The maximum atomic E-state index is 5.91. The van der Waals surface area contributed by atoms with Crippen LogP contribution in [0.15, 0.2) is 159 Å². The lowest BCUT2D eigenvalue weighted by molar-refractivity contribution is 1.06. The predicted octanol–water partition coefficient (Wildman–Crippen LogP) is 12.2.